The van der Waals surface area contributed by atoms with E-state index in [1.807, 2.05) is 0 Å². The van der Waals surface area contributed by atoms with Gasteiger partial charge in [-0.05, 0) is 50.9 Å². The third-order valence-corrected chi connectivity index (χ3v) is 6.77. The van der Waals surface area contributed by atoms with Gasteiger partial charge in [0.1, 0.15) is 6.04 Å². The molecule has 0 aromatic carbocycles. The number of carboxylic acid groups (broad SMARTS) is 1. The number of carbonyl (C=O) groups excluding carboxylic acids is 1. The Labute approximate surface area is 144 Å². The second-order valence-corrected chi connectivity index (χ2v) is 8.34. The van der Waals surface area contributed by atoms with Crippen LogP contribution >= 0.6 is 0 Å². The number of nitrogens with zero attached hydrogens (tertiary/aromatic N) is 2. The third-order valence-electron chi connectivity index (χ3n) is 6.77. The molecule has 3 unspecified atom stereocenters. The van der Waals surface area contributed by atoms with E-state index in [2.05, 4.69) is 9.80 Å². The van der Waals surface area contributed by atoms with Gasteiger partial charge >= 0.3 is 5.97 Å². The topological polar surface area (TPSA) is 60.9 Å². The zero-order chi connectivity index (χ0) is 16.7. The van der Waals surface area contributed by atoms with Gasteiger partial charge < -0.3 is 10.0 Å². The molecule has 24 heavy (non-hydrogen) atoms. The molecule has 4 aliphatic rings. The number of fused-ring (bicyclic) bond motifs is 1. The Morgan fingerprint density at radius 2 is 1.54 bits per heavy atom. The van der Waals surface area contributed by atoms with Gasteiger partial charge in [0.25, 0.3) is 0 Å². The fourth-order valence-corrected chi connectivity index (χ4v) is 5.50. The highest BCUT2D eigenvalue weighted by Crippen LogP contribution is 2.40. The fraction of sp³-hybridized carbons (Fsp3) is 0.895. The lowest BCUT2D eigenvalue weighted by Crippen LogP contribution is -2.51. The summed E-state index contributed by atoms with van der Waals surface area (Å²) in [5.41, 5.74) is 0. The summed E-state index contributed by atoms with van der Waals surface area (Å²) in [7, 11) is 0. The molecule has 0 aromatic heterocycles. The molecule has 4 fully saturated rings. The first-order valence-electron chi connectivity index (χ1n) is 9.95. The second kappa shape index (κ2) is 6.66. The van der Waals surface area contributed by atoms with Gasteiger partial charge in [-0.3, -0.25) is 14.5 Å². The van der Waals surface area contributed by atoms with Gasteiger partial charge in [0.2, 0.25) is 5.91 Å². The summed E-state index contributed by atoms with van der Waals surface area (Å²) in [6.45, 7) is 0.325. The molecule has 0 bridgehead atoms. The summed E-state index contributed by atoms with van der Waals surface area (Å²) in [4.78, 5) is 29.1. The van der Waals surface area contributed by atoms with Crippen molar-refractivity contribution in [3.05, 3.63) is 0 Å². The Kier molecular flexibility index (Phi) is 4.54. The average Bonchev–Trinajstić information content (AvgIpc) is 3.11. The number of carboxylic acids is 1. The van der Waals surface area contributed by atoms with E-state index >= 15 is 0 Å². The van der Waals surface area contributed by atoms with Gasteiger partial charge in [0.05, 0.1) is 6.54 Å². The first-order chi connectivity index (χ1) is 11.6. The molecule has 3 saturated carbocycles. The normalized spacial score (nSPS) is 34.2. The molecule has 1 aliphatic heterocycles. The molecule has 1 amide bonds. The van der Waals surface area contributed by atoms with E-state index in [1.54, 1.807) is 0 Å². The number of hydrogen-bond acceptors (Lipinski definition) is 3. The number of carbonyl (C=O) groups is 2. The minimum absolute atomic E-state index is 0.196. The lowest BCUT2D eigenvalue weighted by Gasteiger charge is -2.36. The molecule has 1 heterocycles. The number of hydrogen-bond donors (Lipinski definition) is 1. The van der Waals surface area contributed by atoms with Gasteiger partial charge in [-0.25, -0.2) is 0 Å². The molecular formula is C19H30N2O3. The Hall–Kier alpha value is -1.10. The molecule has 0 spiro atoms. The van der Waals surface area contributed by atoms with Crippen LogP contribution in [-0.4, -0.2) is 57.5 Å². The summed E-state index contributed by atoms with van der Waals surface area (Å²) in [5, 5.41) is 9.65. The zero-order valence-electron chi connectivity index (χ0n) is 14.5. The molecule has 5 heteroatoms. The summed E-state index contributed by atoms with van der Waals surface area (Å²) < 4.78 is 0. The Morgan fingerprint density at radius 1 is 0.917 bits per heavy atom. The maximum atomic E-state index is 13.1. The number of amides is 1. The summed E-state index contributed by atoms with van der Waals surface area (Å²) in [5.74, 6) is -0.0635. The Balaban J connectivity index is 1.48. The van der Waals surface area contributed by atoms with E-state index in [4.69, 9.17) is 0 Å². The van der Waals surface area contributed by atoms with E-state index < -0.39 is 12.0 Å². The molecule has 134 valence electrons. The number of rotatable bonds is 5. The Bertz CT molecular complexity index is 499. The predicted octanol–water partition coefficient (Wildman–Crippen LogP) is 2.64. The maximum absolute atomic E-state index is 13.1. The van der Waals surface area contributed by atoms with Crippen LogP contribution < -0.4 is 0 Å². The van der Waals surface area contributed by atoms with E-state index in [0.717, 1.165) is 44.9 Å². The summed E-state index contributed by atoms with van der Waals surface area (Å²) in [6.07, 6.45) is 12.3. The molecule has 0 radical (unpaired) electrons. The fourth-order valence-electron chi connectivity index (χ4n) is 5.50. The highest BCUT2D eigenvalue weighted by Gasteiger charge is 2.47. The van der Waals surface area contributed by atoms with Crippen LogP contribution in [0.1, 0.15) is 70.6 Å². The zero-order valence-corrected chi connectivity index (χ0v) is 14.5. The van der Waals surface area contributed by atoms with Crippen LogP contribution in [0, 0.1) is 5.92 Å². The van der Waals surface area contributed by atoms with Crippen LogP contribution in [0.5, 0.6) is 0 Å². The van der Waals surface area contributed by atoms with Crippen LogP contribution in [-0.2, 0) is 9.59 Å². The van der Waals surface area contributed by atoms with Gasteiger partial charge in [0, 0.05) is 18.1 Å². The molecule has 0 aromatic rings. The summed E-state index contributed by atoms with van der Waals surface area (Å²) in [6, 6.07) is 0.715. The lowest BCUT2D eigenvalue weighted by molar-refractivity contribution is -0.144. The molecule has 1 N–H and O–H groups in total. The highest BCUT2D eigenvalue weighted by molar-refractivity contribution is 5.81. The lowest BCUT2D eigenvalue weighted by atomic mass is 9.85. The minimum atomic E-state index is -0.740. The van der Waals surface area contributed by atoms with Crippen LogP contribution in [0.15, 0.2) is 0 Å². The van der Waals surface area contributed by atoms with Gasteiger partial charge in [-0.1, -0.05) is 25.7 Å². The molecular weight excluding hydrogens is 304 g/mol. The van der Waals surface area contributed by atoms with Crippen molar-refractivity contribution in [2.75, 3.05) is 6.54 Å². The van der Waals surface area contributed by atoms with Crippen LogP contribution in [0.2, 0.25) is 0 Å². The molecule has 4 rings (SSSR count). The number of likely N-dealkylation sites (tertiary alicyclic amines) is 1. The predicted molar refractivity (Wildman–Crippen MR) is 90.6 cm³/mol. The average molecular weight is 334 g/mol. The van der Waals surface area contributed by atoms with Crippen LogP contribution in [0.4, 0.5) is 0 Å². The summed E-state index contributed by atoms with van der Waals surface area (Å²) >= 11 is 0. The smallest absolute Gasteiger partial charge is 0.320 e. The molecule has 5 nitrogen and oxygen atoms in total. The minimum Gasteiger partial charge on any atom is -0.480 e. The monoisotopic (exact) mass is 334 g/mol. The van der Waals surface area contributed by atoms with Crippen molar-refractivity contribution in [1.29, 1.82) is 0 Å². The quantitative estimate of drug-likeness (QED) is 0.840. The molecule has 3 aliphatic carbocycles. The van der Waals surface area contributed by atoms with Crippen molar-refractivity contribution in [2.24, 2.45) is 5.92 Å². The van der Waals surface area contributed by atoms with Crippen molar-refractivity contribution < 1.29 is 14.7 Å². The van der Waals surface area contributed by atoms with Crippen molar-refractivity contribution in [3.8, 4) is 0 Å². The number of aliphatic carboxylic acids is 1. The largest absolute Gasteiger partial charge is 0.480 e. The molecule has 1 saturated heterocycles. The van der Waals surface area contributed by atoms with Gasteiger partial charge in [-0.15, -0.1) is 0 Å². The van der Waals surface area contributed by atoms with E-state index in [-0.39, 0.29) is 5.91 Å². The van der Waals surface area contributed by atoms with Crippen molar-refractivity contribution in [1.82, 2.24) is 9.80 Å². The SMILES string of the molecule is O=C(O)C1CC2CCCCC2N1CC(=O)N(C1CCCC1)C1CC1. The van der Waals surface area contributed by atoms with E-state index in [9.17, 15) is 14.7 Å². The molecule has 3 atom stereocenters. The third kappa shape index (κ3) is 3.07. The van der Waals surface area contributed by atoms with E-state index in [1.165, 1.54) is 25.7 Å². The standard InChI is InChI=1S/C19H30N2O3/c22-18(21(15-9-10-15)14-6-2-3-7-14)12-20-16-8-4-1-5-13(16)11-17(20)19(23)24/h13-17H,1-12H2,(H,23,24). The van der Waals surface area contributed by atoms with Gasteiger partial charge in [0.15, 0.2) is 0 Å². The second-order valence-electron chi connectivity index (χ2n) is 8.34. The van der Waals surface area contributed by atoms with Gasteiger partial charge in [-0.2, -0.15) is 0 Å². The van der Waals surface area contributed by atoms with Crippen molar-refractivity contribution >= 4 is 11.9 Å². The van der Waals surface area contributed by atoms with Crippen molar-refractivity contribution in [2.45, 2.75) is 94.8 Å². The first-order valence-corrected chi connectivity index (χ1v) is 9.95. The highest BCUT2D eigenvalue weighted by atomic mass is 16.4. The van der Waals surface area contributed by atoms with Crippen molar-refractivity contribution in [3.63, 3.8) is 0 Å². The Morgan fingerprint density at radius 3 is 2.21 bits per heavy atom. The van der Waals surface area contributed by atoms with Crippen LogP contribution in [0.25, 0.3) is 0 Å². The van der Waals surface area contributed by atoms with Crippen LogP contribution in [0.3, 0.4) is 0 Å². The first kappa shape index (κ1) is 16.4. The maximum Gasteiger partial charge on any atom is 0.320 e. The van der Waals surface area contributed by atoms with E-state index in [0.29, 0.717) is 30.6 Å².